The molecule has 0 aliphatic rings. The molecule has 0 bridgehead atoms. The molecule has 1 N–H and O–H groups in total. The molecule has 0 aromatic carbocycles. The van der Waals surface area contributed by atoms with Gasteiger partial charge in [0, 0.05) is 7.05 Å². The van der Waals surface area contributed by atoms with E-state index in [4.69, 9.17) is 9.05 Å². The van der Waals surface area contributed by atoms with Crippen molar-refractivity contribution in [3.63, 3.8) is 0 Å². The highest BCUT2D eigenvalue weighted by Crippen LogP contribution is 2.50. The molecule has 0 spiro atoms. The van der Waals surface area contributed by atoms with E-state index in [9.17, 15) is 9.36 Å². The first-order chi connectivity index (χ1) is 9.49. The fourth-order valence-corrected chi connectivity index (χ4v) is 3.42. The van der Waals surface area contributed by atoms with E-state index >= 15 is 0 Å². The van der Waals surface area contributed by atoms with Crippen molar-refractivity contribution in [3.05, 3.63) is 22.4 Å². The van der Waals surface area contributed by atoms with Crippen molar-refractivity contribution in [2.45, 2.75) is 20.0 Å². The van der Waals surface area contributed by atoms with E-state index < -0.39 is 7.60 Å². The third-order valence-electron chi connectivity index (χ3n) is 2.65. The topological polar surface area (TPSA) is 99.1 Å². The lowest BCUT2D eigenvalue weighted by atomic mass is 10.4. The Morgan fingerprint density at radius 2 is 2.00 bits per heavy atom. The van der Waals surface area contributed by atoms with E-state index in [0.29, 0.717) is 11.0 Å². The molecule has 8 nitrogen and oxygen atoms in total. The minimum atomic E-state index is -3.30. The Kier molecular flexibility index (Phi) is 4.37. The van der Waals surface area contributed by atoms with Crippen LogP contribution in [0.1, 0.15) is 19.7 Å². The monoisotopic (exact) mass is 300 g/mol. The summed E-state index contributed by atoms with van der Waals surface area (Å²) in [6.07, 6.45) is 1.36. The largest absolute Gasteiger partial charge is 0.338 e. The summed E-state index contributed by atoms with van der Waals surface area (Å²) < 4.78 is 24.3. The fourth-order valence-electron chi connectivity index (χ4n) is 1.86. The molecule has 20 heavy (non-hydrogen) atoms. The summed E-state index contributed by atoms with van der Waals surface area (Å²) in [6, 6.07) is 0. The molecule has 2 heterocycles. The van der Waals surface area contributed by atoms with Crippen LogP contribution in [-0.2, 0) is 26.8 Å². The van der Waals surface area contributed by atoms with E-state index in [0.717, 1.165) is 0 Å². The summed E-state index contributed by atoms with van der Waals surface area (Å²) in [4.78, 5) is 18.7. The molecule has 0 amide bonds. The van der Waals surface area contributed by atoms with E-state index in [1.165, 1.54) is 10.9 Å². The Morgan fingerprint density at radius 1 is 1.35 bits per heavy atom. The minimum absolute atomic E-state index is 0.0783. The van der Waals surface area contributed by atoms with Crippen LogP contribution in [0.15, 0.2) is 11.0 Å². The smallest absolute Gasteiger partial charge is 0.309 e. The molecular weight excluding hydrogens is 283 g/mol. The zero-order valence-electron chi connectivity index (χ0n) is 11.6. The lowest BCUT2D eigenvalue weighted by Gasteiger charge is -2.16. The van der Waals surface area contributed by atoms with E-state index in [-0.39, 0.29) is 30.8 Å². The van der Waals surface area contributed by atoms with Gasteiger partial charge in [0.2, 0.25) is 0 Å². The summed E-state index contributed by atoms with van der Waals surface area (Å²) in [5.41, 5.74) is 0.112. The second-order valence-corrected chi connectivity index (χ2v) is 6.18. The van der Waals surface area contributed by atoms with Crippen molar-refractivity contribution in [2.24, 2.45) is 7.05 Å². The quantitative estimate of drug-likeness (QED) is 0.810. The molecule has 0 fully saturated rings. The number of hydrogen-bond acceptors (Lipinski definition) is 6. The highest BCUT2D eigenvalue weighted by atomic mass is 31.2. The van der Waals surface area contributed by atoms with Gasteiger partial charge >= 0.3 is 7.60 Å². The number of nitrogens with zero attached hydrogens (tertiary/aromatic N) is 3. The van der Waals surface area contributed by atoms with Gasteiger partial charge in [0.05, 0.1) is 19.4 Å². The summed E-state index contributed by atoms with van der Waals surface area (Å²) in [7, 11) is -1.61. The van der Waals surface area contributed by atoms with Crippen molar-refractivity contribution in [1.29, 1.82) is 0 Å². The van der Waals surface area contributed by atoms with Gasteiger partial charge in [-0.2, -0.15) is 5.10 Å². The number of fused-ring (bicyclic) bond motifs is 1. The lowest BCUT2D eigenvalue weighted by Crippen LogP contribution is -2.13. The van der Waals surface area contributed by atoms with E-state index in [1.54, 1.807) is 20.9 Å². The first-order valence-corrected chi connectivity index (χ1v) is 8.01. The SMILES string of the molecule is CCOP(=O)(Cc1nc2c(cnn2C)c(=O)[nH]1)OCC. The number of hydrogen-bond donors (Lipinski definition) is 1. The van der Waals surface area contributed by atoms with Crippen LogP contribution in [0.25, 0.3) is 11.0 Å². The van der Waals surface area contributed by atoms with E-state index in [1.807, 2.05) is 0 Å². The molecular formula is C11H17N4O4P. The second-order valence-electron chi connectivity index (χ2n) is 4.12. The highest BCUT2D eigenvalue weighted by molar-refractivity contribution is 7.53. The van der Waals surface area contributed by atoms with E-state index in [2.05, 4.69) is 15.1 Å². The predicted molar refractivity (Wildman–Crippen MR) is 73.7 cm³/mol. The number of aryl methyl sites for hydroxylation is 1. The van der Waals surface area contributed by atoms with Gasteiger partial charge in [-0.25, -0.2) is 4.98 Å². The van der Waals surface area contributed by atoms with Crippen LogP contribution in [0, 0.1) is 0 Å². The maximum atomic E-state index is 12.4. The highest BCUT2D eigenvalue weighted by Gasteiger charge is 2.26. The standard InChI is InChI=1S/C11H17N4O4P/c1-4-18-20(17,19-5-2)7-9-13-10-8(11(16)14-9)6-12-15(10)3/h6H,4-5,7H2,1-3H3,(H,13,14,16). The molecule has 110 valence electrons. The van der Waals surface area contributed by atoms with Gasteiger partial charge in [0.1, 0.15) is 17.4 Å². The molecule has 0 unspecified atom stereocenters. The van der Waals surface area contributed by atoms with Crippen LogP contribution in [0.3, 0.4) is 0 Å². The number of nitrogens with one attached hydrogen (secondary N) is 1. The maximum Gasteiger partial charge on any atom is 0.338 e. The molecule has 2 rings (SSSR count). The molecule has 0 saturated carbocycles. The Hall–Kier alpha value is -1.50. The Balaban J connectivity index is 2.40. The Bertz CT molecular complexity index is 698. The summed E-state index contributed by atoms with van der Waals surface area (Å²) in [5, 5.41) is 4.36. The summed E-state index contributed by atoms with van der Waals surface area (Å²) >= 11 is 0. The molecule has 0 radical (unpaired) electrons. The lowest BCUT2D eigenvalue weighted by molar-refractivity contribution is 0.218. The van der Waals surface area contributed by atoms with Crippen molar-refractivity contribution in [1.82, 2.24) is 19.7 Å². The van der Waals surface area contributed by atoms with Gasteiger partial charge in [-0.05, 0) is 13.8 Å². The number of rotatable bonds is 6. The van der Waals surface area contributed by atoms with Crippen molar-refractivity contribution >= 4 is 18.6 Å². The van der Waals surface area contributed by atoms with Crippen molar-refractivity contribution < 1.29 is 13.6 Å². The average molecular weight is 300 g/mol. The van der Waals surface area contributed by atoms with Crippen LogP contribution >= 0.6 is 7.60 Å². The van der Waals surface area contributed by atoms with Crippen molar-refractivity contribution in [3.8, 4) is 0 Å². The summed E-state index contributed by atoms with van der Waals surface area (Å²) in [5.74, 6) is 0.260. The minimum Gasteiger partial charge on any atom is -0.309 e. The average Bonchev–Trinajstić information content (AvgIpc) is 2.72. The second kappa shape index (κ2) is 5.87. The van der Waals surface area contributed by atoms with Crippen LogP contribution in [0.4, 0.5) is 0 Å². The molecule has 2 aromatic heterocycles. The van der Waals surface area contributed by atoms with Gasteiger partial charge in [-0.15, -0.1) is 0 Å². The Labute approximate surface area is 115 Å². The molecule has 9 heteroatoms. The normalized spacial score (nSPS) is 12.2. The molecule has 0 aliphatic heterocycles. The fraction of sp³-hybridized carbons (Fsp3) is 0.545. The van der Waals surface area contributed by atoms with Crippen LogP contribution in [-0.4, -0.2) is 33.0 Å². The number of aromatic nitrogens is 4. The van der Waals surface area contributed by atoms with Crippen LogP contribution < -0.4 is 5.56 Å². The Morgan fingerprint density at radius 3 is 2.60 bits per heavy atom. The van der Waals surface area contributed by atoms with Gasteiger partial charge < -0.3 is 14.0 Å². The van der Waals surface area contributed by atoms with Gasteiger partial charge in [0.25, 0.3) is 5.56 Å². The summed E-state index contributed by atoms with van der Waals surface area (Å²) in [6.45, 7) is 3.98. The zero-order valence-corrected chi connectivity index (χ0v) is 12.5. The third kappa shape index (κ3) is 2.98. The van der Waals surface area contributed by atoms with Gasteiger partial charge in [0.15, 0.2) is 5.65 Å². The van der Waals surface area contributed by atoms with Gasteiger partial charge in [-0.3, -0.25) is 14.0 Å². The molecule has 0 saturated heterocycles. The molecule has 2 aromatic rings. The maximum absolute atomic E-state index is 12.4. The molecule has 0 aliphatic carbocycles. The first-order valence-electron chi connectivity index (χ1n) is 6.28. The molecule has 0 atom stereocenters. The number of aromatic amines is 1. The predicted octanol–water partition coefficient (Wildman–Crippen LogP) is 1.42. The first kappa shape index (κ1) is 14.9. The zero-order chi connectivity index (χ0) is 14.8. The van der Waals surface area contributed by atoms with Gasteiger partial charge in [-0.1, -0.05) is 0 Å². The van der Waals surface area contributed by atoms with Crippen LogP contribution in [0.2, 0.25) is 0 Å². The van der Waals surface area contributed by atoms with Crippen molar-refractivity contribution in [2.75, 3.05) is 13.2 Å². The third-order valence-corrected chi connectivity index (χ3v) is 4.64. The number of H-pyrrole nitrogens is 1. The van der Waals surface area contributed by atoms with Crippen LogP contribution in [0.5, 0.6) is 0 Å².